The van der Waals surface area contributed by atoms with Gasteiger partial charge < -0.3 is 65.8 Å². The molecule has 3 aliphatic rings. The second-order valence-corrected chi connectivity index (χ2v) is 36.0. The van der Waals surface area contributed by atoms with E-state index in [4.69, 9.17) is 145 Å². The van der Waals surface area contributed by atoms with Crippen LogP contribution in [0.1, 0.15) is 131 Å². The topological polar surface area (TPSA) is 231 Å². The van der Waals surface area contributed by atoms with Crippen LogP contribution in [-0.2, 0) is 0 Å². The maximum atomic E-state index is 12.8. The van der Waals surface area contributed by atoms with Crippen LogP contribution in [0.5, 0.6) is 28.7 Å². The summed E-state index contributed by atoms with van der Waals surface area (Å²) in [6.45, 7) is 22.4. The number of benzene rings is 10. The van der Waals surface area contributed by atoms with Crippen LogP contribution >= 0.6 is 132 Å². The molecule has 3 heterocycles. The molecule has 0 aliphatic carbocycles. The van der Waals surface area contributed by atoms with Gasteiger partial charge in [-0.1, -0.05) is 169 Å². The summed E-state index contributed by atoms with van der Waals surface area (Å²) >= 11 is 64.6. The molecule has 10 aromatic rings. The van der Waals surface area contributed by atoms with Crippen LogP contribution in [0.4, 0.5) is 28.4 Å². The molecule has 20 nitrogen and oxygen atoms in total. The van der Waals surface area contributed by atoms with E-state index in [1.165, 1.54) is 19.3 Å². The number of halogens is 11. The van der Waals surface area contributed by atoms with Crippen molar-refractivity contribution in [2.24, 2.45) is 5.73 Å². The zero-order valence-corrected chi connectivity index (χ0v) is 81.6. The standard InChI is InChI=1S/C21H25Cl2N3O2.C21H24Cl2N2O2.C20H22Cl2N2O2.C19H22Cl2N2O2.C16H14BrCl2NO2/c1-15-3-5-19(18(23)13-15)24-21(27)17-14-16(22)4-6-20(17)28-12-11-26-9-7-25(2)8-10-26;1-15-5-7-19(18(23)13-15)24-21(26)17-14-16(22)6-8-20(17)27-12-11-25-9-3-2-4-10-25;1-13-3-5-18(17(22)11-13)23-20(25)16-12-14(21)4-6-19(16)26-15-7-9-24(2)10-8-15;1-13-5-7-17(16(21)11-13)23-19(24)15-12-14(20)6-8-18(15)25-10-4-2-3-9-22;1-10-2-4-14(13(19)8-10)20-16(21)12-9-11(18)3-5-15(12)22-7-6-17/h3-6,13-14H,7-12H2,1-2H3,(H,24,27);5-8,13-14H,2-4,9-12H2,1H3,(H,24,26);3-6,11-12,15H,7-10H2,1-2H3,(H,23,25);5-8,11-12H,2-4,9-10,22H2,1H3,(H,23,24);2-5,8-9H,6-7H2,1H3,(H,20,21). The number of aryl methyl sites for hydroxylation is 5. The quantitative estimate of drug-likeness (QED) is 0.0189. The number of ether oxygens (including phenoxy) is 5. The minimum absolute atomic E-state index is 0.0990. The molecular weight excluding hydrogens is 1900 g/mol. The van der Waals surface area contributed by atoms with E-state index in [1.54, 1.807) is 133 Å². The predicted molar refractivity (Wildman–Crippen MR) is 532 cm³/mol. The van der Waals surface area contributed by atoms with Crippen LogP contribution in [0.15, 0.2) is 182 Å². The van der Waals surface area contributed by atoms with Crippen molar-refractivity contribution < 1.29 is 47.7 Å². The van der Waals surface area contributed by atoms with Gasteiger partial charge in [0.15, 0.2) is 0 Å². The molecule has 13 rings (SSSR count). The number of nitrogens with zero attached hydrogens (tertiary/aromatic N) is 4. The lowest BCUT2D eigenvalue weighted by atomic mass is 10.1. The normalized spacial score (nSPS) is 13.5. The highest BCUT2D eigenvalue weighted by Crippen LogP contribution is 2.35. The summed E-state index contributed by atoms with van der Waals surface area (Å²) in [5.74, 6) is 1.03. The Labute approximate surface area is 809 Å². The number of piperazine rings is 1. The van der Waals surface area contributed by atoms with Crippen LogP contribution < -0.4 is 56.0 Å². The molecule has 0 radical (unpaired) electrons. The molecule has 5 amide bonds. The Morgan fingerprint density at radius 2 is 0.617 bits per heavy atom. The first-order valence-electron chi connectivity index (χ1n) is 42.0. The molecule has 0 spiro atoms. The molecule has 0 aromatic heterocycles. The summed E-state index contributed by atoms with van der Waals surface area (Å²) < 4.78 is 29.3. The number of carbonyl (C=O) groups is 5. The number of hydrogen-bond donors (Lipinski definition) is 6. The molecule has 7 N–H and O–H groups in total. The highest BCUT2D eigenvalue weighted by atomic mass is 79.9. The van der Waals surface area contributed by atoms with Gasteiger partial charge in [-0.2, -0.15) is 0 Å². The number of nitrogens with two attached hydrogens (primary N) is 1. The smallest absolute Gasteiger partial charge is 0.259 e. The molecule has 128 heavy (non-hydrogen) atoms. The number of likely N-dealkylation sites (tertiary alicyclic amines) is 2. The van der Waals surface area contributed by atoms with Gasteiger partial charge in [0, 0.05) is 82.8 Å². The molecule has 3 fully saturated rings. The van der Waals surface area contributed by atoms with Crippen LogP contribution in [0.2, 0.25) is 50.2 Å². The number of amides is 5. The van der Waals surface area contributed by atoms with E-state index in [0.717, 1.165) is 125 Å². The first-order chi connectivity index (χ1) is 61.4. The monoisotopic (exact) mass is 2000 g/mol. The van der Waals surface area contributed by atoms with Crippen molar-refractivity contribution in [3.63, 3.8) is 0 Å². The summed E-state index contributed by atoms with van der Waals surface area (Å²) in [6, 6.07) is 52.6. The maximum absolute atomic E-state index is 12.8. The van der Waals surface area contributed by atoms with Crippen molar-refractivity contribution in [2.45, 2.75) is 92.1 Å². The molecule has 0 atom stereocenters. The van der Waals surface area contributed by atoms with Gasteiger partial charge in [0.25, 0.3) is 29.5 Å². The number of alkyl halides is 1. The number of unbranched alkanes of at least 4 members (excludes halogenated alkanes) is 2. The van der Waals surface area contributed by atoms with Gasteiger partial charge in [0.2, 0.25) is 0 Å². The van der Waals surface area contributed by atoms with Crippen LogP contribution in [0, 0.1) is 34.6 Å². The van der Waals surface area contributed by atoms with Crippen molar-refractivity contribution in [3.05, 3.63) is 288 Å². The lowest BCUT2D eigenvalue weighted by Gasteiger charge is -2.32. The third-order valence-electron chi connectivity index (χ3n) is 20.6. The van der Waals surface area contributed by atoms with Crippen molar-refractivity contribution in [3.8, 4) is 28.7 Å². The minimum atomic E-state index is -0.321. The molecule has 3 aliphatic heterocycles. The second kappa shape index (κ2) is 53.3. The van der Waals surface area contributed by atoms with Gasteiger partial charge in [-0.05, 0) is 293 Å². The zero-order valence-electron chi connectivity index (χ0n) is 72.5. The van der Waals surface area contributed by atoms with Crippen LogP contribution in [0.25, 0.3) is 0 Å². The number of nitrogens with one attached hydrogen (secondary N) is 5. The largest absolute Gasteiger partial charge is 0.493 e. The molecule has 3 saturated heterocycles. The Kier molecular flexibility index (Phi) is 43.1. The fourth-order valence-electron chi connectivity index (χ4n) is 13.4. The van der Waals surface area contributed by atoms with E-state index in [2.05, 4.69) is 76.2 Å². The van der Waals surface area contributed by atoms with Gasteiger partial charge in [-0.15, -0.1) is 0 Å². The van der Waals surface area contributed by atoms with Crippen molar-refractivity contribution in [2.75, 3.05) is 144 Å². The number of piperidine rings is 2. The number of hydrogen-bond acceptors (Lipinski definition) is 15. The Balaban J connectivity index is 0.000000181. The van der Waals surface area contributed by atoms with Crippen molar-refractivity contribution >= 4 is 190 Å². The Morgan fingerprint density at radius 1 is 0.336 bits per heavy atom. The third-order valence-corrected chi connectivity index (χ3v) is 23.6. The lowest BCUT2D eigenvalue weighted by Crippen LogP contribution is -2.45. The third kappa shape index (κ3) is 34.2. The van der Waals surface area contributed by atoms with Gasteiger partial charge in [0.1, 0.15) is 48.1 Å². The maximum Gasteiger partial charge on any atom is 0.259 e. The molecule has 10 aromatic carbocycles. The second-order valence-electron chi connectivity index (χ2n) is 31.0. The Hall–Kier alpha value is -8.27. The summed E-state index contributed by atoms with van der Waals surface area (Å²) in [7, 11) is 4.23. The molecular formula is C97H107BrCl10N10O10. The fourth-order valence-corrected chi connectivity index (χ4v) is 15.9. The Morgan fingerprint density at radius 3 is 0.922 bits per heavy atom. The van der Waals surface area contributed by atoms with Gasteiger partial charge in [-0.3, -0.25) is 33.8 Å². The molecule has 0 bridgehead atoms. The highest BCUT2D eigenvalue weighted by Gasteiger charge is 2.25. The SMILES string of the molecule is Cc1ccc(NC(=O)c2cc(Cl)ccc2OC2CCN(C)CC2)c(Cl)c1.Cc1ccc(NC(=O)c2cc(Cl)ccc2OCCBr)c(Cl)c1.Cc1ccc(NC(=O)c2cc(Cl)ccc2OCCCCCN)c(Cl)c1.Cc1ccc(NC(=O)c2cc(Cl)ccc2OCCN2CCCCC2)c(Cl)c1.Cc1ccc(NC(=O)c2cc(Cl)ccc2OCCN2CCN(C)CC2)c(Cl)c1. The molecule has 0 saturated carbocycles. The number of rotatable bonds is 29. The predicted octanol–water partition coefficient (Wildman–Crippen LogP) is 25.0. The van der Waals surface area contributed by atoms with E-state index in [0.29, 0.717) is 174 Å². The highest BCUT2D eigenvalue weighted by molar-refractivity contribution is 9.09. The van der Waals surface area contributed by atoms with Crippen LogP contribution in [0.3, 0.4) is 0 Å². The van der Waals surface area contributed by atoms with Gasteiger partial charge >= 0.3 is 0 Å². The van der Waals surface area contributed by atoms with E-state index in [9.17, 15) is 24.0 Å². The van der Waals surface area contributed by atoms with E-state index in [1.807, 2.05) is 83.1 Å². The van der Waals surface area contributed by atoms with E-state index >= 15 is 0 Å². The first-order valence-corrected chi connectivity index (χ1v) is 46.9. The fraction of sp³-hybridized carbons (Fsp3) is 0.330. The summed E-state index contributed by atoms with van der Waals surface area (Å²) in [4.78, 5) is 72.8. The van der Waals surface area contributed by atoms with E-state index < -0.39 is 0 Å². The summed E-state index contributed by atoms with van der Waals surface area (Å²) in [5, 5.41) is 19.6. The number of likely N-dealkylation sites (N-methyl/N-ethyl adjacent to an activating group) is 1. The number of anilines is 5. The minimum Gasteiger partial charge on any atom is -0.493 e. The zero-order chi connectivity index (χ0) is 92.3. The molecule has 0 unspecified atom stereocenters. The first kappa shape index (κ1) is 103. The van der Waals surface area contributed by atoms with Crippen molar-refractivity contribution in [1.82, 2.24) is 19.6 Å². The summed E-state index contributed by atoms with van der Waals surface area (Å²) in [6.07, 6.45) is 8.59. The Bertz CT molecular complexity index is 5390. The molecule has 682 valence electrons. The average Bonchev–Trinajstić information content (AvgIpc) is 0.869. The van der Waals surface area contributed by atoms with Gasteiger partial charge in [-0.25, -0.2) is 0 Å². The average molecular weight is 2010 g/mol. The summed E-state index contributed by atoms with van der Waals surface area (Å²) in [5.41, 5.74) is 15.3. The van der Waals surface area contributed by atoms with Crippen LogP contribution in [-0.4, -0.2) is 173 Å². The lowest BCUT2D eigenvalue weighted by molar-refractivity contribution is 0.0984. The molecule has 31 heteroatoms. The van der Waals surface area contributed by atoms with Gasteiger partial charge in [0.05, 0.1) is 94.6 Å². The number of carbonyl (C=O) groups excluding carboxylic acids is 5. The van der Waals surface area contributed by atoms with Crippen molar-refractivity contribution in [1.29, 1.82) is 0 Å². The van der Waals surface area contributed by atoms with E-state index in [-0.39, 0.29) is 35.6 Å².